The van der Waals surface area contributed by atoms with Gasteiger partial charge in [0.25, 0.3) is 0 Å². The number of rotatable bonds is 8. The molecule has 21 heavy (non-hydrogen) atoms. The molecule has 0 aromatic heterocycles. The van der Waals surface area contributed by atoms with E-state index >= 15 is 0 Å². The zero-order valence-electron chi connectivity index (χ0n) is 13.0. The molecular weight excluding hydrogens is 350 g/mol. The van der Waals surface area contributed by atoms with Crippen molar-refractivity contribution in [2.24, 2.45) is 11.8 Å². The Morgan fingerprint density at radius 3 is 2.05 bits per heavy atom. The molecule has 0 aromatic rings. The predicted molar refractivity (Wildman–Crippen MR) is 78.2 cm³/mol. The first-order valence-corrected chi connectivity index (χ1v) is 7.73. The van der Waals surface area contributed by atoms with Crippen LogP contribution in [0.4, 0.5) is 8.78 Å². The predicted octanol–water partition coefficient (Wildman–Crippen LogP) is 3.91. The van der Waals surface area contributed by atoms with Gasteiger partial charge in [0.15, 0.2) is 0 Å². The van der Waals surface area contributed by atoms with Gasteiger partial charge in [0, 0.05) is 22.9 Å². The van der Waals surface area contributed by atoms with Crippen LogP contribution in [-0.4, -0.2) is 29.0 Å². The number of alkyl halides is 3. The largest absolute Gasteiger partial charge is 0.459 e. The Balaban J connectivity index is 5.15. The summed E-state index contributed by atoms with van der Waals surface area (Å²) in [6, 6.07) is 0. The average molecular weight is 373 g/mol. The Kier molecular flexibility index (Phi) is 8.36. The van der Waals surface area contributed by atoms with Crippen LogP contribution in [0.15, 0.2) is 0 Å². The highest BCUT2D eigenvalue weighted by atomic mass is 79.9. The molecule has 0 amide bonds. The van der Waals surface area contributed by atoms with Crippen LogP contribution in [0.25, 0.3) is 0 Å². The average Bonchev–Trinajstić information content (AvgIpc) is 2.30. The highest BCUT2D eigenvalue weighted by Crippen LogP contribution is 2.29. The molecule has 0 heterocycles. The number of hydrogen-bond acceptors (Lipinski definition) is 4. The van der Waals surface area contributed by atoms with Gasteiger partial charge in [-0.1, -0.05) is 27.7 Å². The summed E-state index contributed by atoms with van der Waals surface area (Å²) in [4.78, 5) is 18.8. The monoisotopic (exact) mass is 372 g/mol. The minimum atomic E-state index is -3.75. The fourth-order valence-corrected chi connectivity index (χ4v) is 2.32. The molecule has 124 valence electrons. The van der Waals surface area contributed by atoms with Crippen LogP contribution in [-0.2, 0) is 19.1 Å². The summed E-state index contributed by atoms with van der Waals surface area (Å²) in [5.41, 5.74) is 0. The molecule has 0 rings (SSSR count). The Hall–Kier alpha value is -0.720. The molecule has 0 aliphatic rings. The molecule has 0 aromatic carbocycles. The van der Waals surface area contributed by atoms with E-state index in [9.17, 15) is 18.4 Å². The molecule has 0 saturated carbocycles. The molecule has 0 spiro atoms. The number of hydrogen-bond donors (Lipinski definition) is 0. The zero-order valence-corrected chi connectivity index (χ0v) is 14.6. The van der Waals surface area contributed by atoms with E-state index in [-0.39, 0.29) is 5.92 Å². The molecule has 0 fully saturated rings. The normalized spacial score (nSPS) is 16.2. The van der Waals surface area contributed by atoms with E-state index in [2.05, 4.69) is 0 Å². The first-order chi connectivity index (χ1) is 9.48. The highest BCUT2D eigenvalue weighted by Gasteiger charge is 2.42. The summed E-state index contributed by atoms with van der Waals surface area (Å²) in [6.07, 6.45) is -0.621. The number of halogens is 3. The fraction of sp³-hybridized carbons (Fsp3) is 0.857. The summed E-state index contributed by atoms with van der Waals surface area (Å²) in [5, 5.41) is 0. The molecule has 7 heteroatoms. The second-order valence-electron chi connectivity index (χ2n) is 5.53. The molecular formula is C14H23BrF2O4. The van der Waals surface area contributed by atoms with Crippen molar-refractivity contribution in [3.05, 3.63) is 0 Å². The number of ether oxygens (including phenoxy) is 2. The van der Waals surface area contributed by atoms with E-state index in [0.29, 0.717) is 18.8 Å². The van der Waals surface area contributed by atoms with E-state index in [1.807, 2.05) is 29.8 Å². The van der Waals surface area contributed by atoms with Crippen molar-refractivity contribution in [3.63, 3.8) is 0 Å². The molecule has 0 bridgehead atoms. The van der Waals surface area contributed by atoms with Gasteiger partial charge in [-0.25, -0.2) is 4.79 Å². The van der Waals surface area contributed by atoms with Crippen molar-refractivity contribution < 1.29 is 27.8 Å². The highest BCUT2D eigenvalue weighted by molar-refractivity contribution is 9.10. The maximum Gasteiger partial charge on any atom is 0.396 e. The van der Waals surface area contributed by atoms with E-state index < -0.39 is 29.0 Å². The van der Waals surface area contributed by atoms with E-state index in [1.165, 1.54) is 6.92 Å². The van der Waals surface area contributed by atoms with E-state index in [4.69, 9.17) is 9.47 Å². The van der Waals surface area contributed by atoms with Gasteiger partial charge >= 0.3 is 16.8 Å². The summed E-state index contributed by atoms with van der Waals surface area (Å²) in [7, 11) is 0. The Morgan fingerprint density at radius 2 is 1.71 bits per heavy atom. The first-order valence-electron chi connectivity index (χ1n) is 6.94. The van der Waals surface area contributed by atoms with Crippen molar-refractivity contribution >= 4 is 27.9 Å². The number of esters is 2. The minimum absolute atomic E-state index is 0.215. The zero-order chi connectivity index (χ0) is 16.8. The van der Waals surface area contributed by atoms with Crippen molar-refractivity contribution in [3.8, 4) is 0 Å². The summed E-state index contributed by atoms with van der Waals surface area (Å²) in [5.74, 6) is -2.13. The lowest BCUT2D eigenvalue weighted by molar-refractivity contribution is -0.182. The Bertz CT molecular complexity index is 355. The second-order valence-corrected chi connectivity index (χ2v) is 6.53. The third kappa shape index (κ3) is 7.74. The molecule has 0 N–H and O–H groups in total. The van der Waals surface area contributed by atoms with E-state index in [1.54, 1.807) is 13.8 Å². The molecule has 3 atom stereocenters. The van der Waals surface area contributed by atoms with Crippen LogP contribution >= 0.6 is 15.9 Å². The van der Waals surface area contributed by atoms with Crippen molar-refractivity contribution in [1.82, 2.24) is 0 Å². The van der Waals surface area contributed by atoms with Crippen LogP contribution in [0.3, 0.4) is 0 Å². The van der Waals surface area contributed by atoms with Crippen LogP contribution in [0.5, 0.6) is 0 Å². The van der Waals surface area contributed by atoms with Crippen molar-refractivity contribution in [2.45, 2.75) is 64.5 Å². The standard InChI is InChI=1S/C14H23BrF2O4/c1-6-11(20-10(5)18)12(9(4)7-8(2)3)21-13(19)14(15,16)17/h8-9,11-12H,6-7H2,1-5H3. The lowest BCUT2D eigenvalue weighted by Gasteiger charge is -2.31. The minimum Gasteiger partial charge on any atom is -0.459 e. The van der Waals surface area contributed by atoms with Crippen molar-refractivity contribution in [1.29, 1.82) is 0 Å². The molecule has 0 radical (unpaired) electrons. The van der Waals surface area contributed by atoms with Gasteiger partial charge in [0.1, 0.15) is 12.2 Å². The summed E-state index contributed by atoms with van der Waals surface area (Å²) < 4.78 is 36.0. The fourth-order valence-electron chi connectivity index (χ4n) is 2.22. The molecule has 3 unspecified atom stereocenters. The molecule has 0 aliphatic carbocycles. The van der Waals surface area contributed by atoms with Gasteiger partial charge < -0.3 is 9.47 Å². The molecule has 0 saturated heterocycles. The van der Waals surface area contributed by atoms with Crippen LogP contribution in [0.1, 0.15) is 47.5 Å². The molecule has 0 aliphatic heterocycles. The summed E-state index contributed by atoms with van der Waals surface area (Å²) >= 11 is 1.98. The third-order valence-electron chi connectivity index (χ3n) is 2.96. The SMILES string of the molecule is CCC(OC(C)=O)C(OC(=O)C(F)(F)Br)C(C)CC(C)C. The van der Waals surface area contributed by atoms with Crippen LogP contribution in [0, 0.1) is 11.8 Å². The van der Waals surface area contributed by atoms with Gasteiger partial charge in [-0.15, -0.1) is 0 Å². The third-order valence-corrected chi connectivity index (χ3v) is 3.29. The maximum atomic E-state index is 13.0. The lowest BCUT2D eigenvalue weighted by Crippen LogP contribution is -2.42. The van der Waals surface area contributed by atoms with E-state index in [0.717, 1.165) is 0 Å². The van der Waals surface area contributed by atoms with Gasteiger partial charge in [-0.2, -0.15) is 8.78 Å². The van der Waals surface area contributed by atoms with Gasteiger partial charge in [-0.3, -0.25) is 4.79 Å². The van der Waals surface area contributed by atoms with Crippen molar-refractivity contribution in [2.75, 3.05) is 0 Å². The quantitative estimate of drug-likeness (QED) is 0.478. The second kappa shape index (κ2) is 8.66. The topological polar surface area (TPSA) is 52.6 Å². The van der Waals surface area contributed by atoms with Gasteiger partial charge in [0.05, 0.1) is 0 Å². The van der Waals surface area contributed by atoms with Crippen LogP contribution in [0.2, 0.25) is 0 Å². The number of carbonyl (C=O) groups excluding carboxylic acids is 2. The summed E-state index contributed by atoms with van der Waals surface area (Å²) in [6.45, 7) is 8.70. The Morgan fingerprint density at radius 1 is 1.19 bits per heavy atom. The Labute approximate surface area is 132 Å². The molecule has 4 nitrogen and oxygen atoms in total. The lowest BCUT2D eigenvalue weighted by atomic mass is 9.90. The maximum absolute atomic E-state index is 13.0. The van der Waals surface area contributed by atoms with Gasteiger partial charge in [0.2, 0.25) is 0 Å². The smallest absolute Gasteiger partial charge is 0.396 e. The number of carbonyl (C=O) groups is 2. The first kappa shape index (κ1) is 20.3. The van der Waals surface area contributed by atoms with Gasteiger partial charge in [-0.05, 0) is 24.7 Å². The van der Waals surface area contributed by atoms with Crippen LogP contribution < -0.4 is 0 Å².